The minimum atomic E-state index is -0.385. The molecule has 5 aromatic rings. The molecule has 0 aliphatic rings. The molecule has 0 aliphatic heterocycles. The molecule has 0 spiro atoms. The fourth-order valence-corrected chi connectivity index (χ4v) is 3.92. The molecule has 7 heteroatoms. The van der Waals surface area contributed by atoms with Gasteiger partial charge in [0.25, 0.3) is 0 Å². The van der Waals surface area contributed by atoms with Crippen molar-refractivity contribution in [1.82, 2.24) is 14.6 Å². The van der Waals surface area contributed by atoms with Gasteiger partial charge in [0.05, 0.1) is 11.3 Å². The van der Waals surface area contributed by atoms with Crippen molar-refractivity contribution in [3.05, 3.63) is 74.9 Å². The summed E-state index contributed by atoms with van der Waals surface area (Å²) in [6.07, 6.45) is 0. The topological polar surface area (TPSA) is 60.4 Å². The summed E-state index contributed by atoms with van der Waals surface area (Å²) in [5, 5.41) is 7.34. The van der Waals surface area contributed by atoms with Crippen molar-refractivity contribution in [3.8, 4) is 22.6 Å². The number of benzene rings is 2. The fourth-order valence-electron chi connectivity index (χ4n) is 2.83. The number of para-hydroxylation sites is 1. The first kappa shape index (κ1) is 15.5. The molecule has 126 valence electrons. The number of aromatic nitrogens is 3. The molecule has 0 saturated heterocycles. The highest BCUT2D eigenvalue weighted by Crippen LogP contribution is 2.28. The third kappa shape index (κ3) is 2.48. The first-order valence-electron chi connectivity index (χ1n) is 7.82. The molecule has 0 radical (unpaired) electrons. The van der Waals surface area contributed by atoms with Gasteiger partial charge in [-0.1, -0.05) is 46.3 Å². The van der Waals surface area contributed by atoms with Crippen LogP contribution >= 0.6 is 27.3 Å². The summed E-state index contributed by atoms with van der Waals surface area (Å²) in [6.45, 7) is 0. The molecule has 2 aromatic carbocycles. The van der Waals surface area contributed by atoms with Crippen LogP contribution in [0.5, 0.6) is 0 Å². The highest BCUT2D eigenvalue weighted by molar-refractivity contribution is 9.10. The van der Waals surface area contributed by atoms with Crippen molar-refractivity contribution in [3.63, 3.8) is 0 Å². The van der Waals surface area contributed by atoms with E-state index in [1.165, 1.54) is 11.3 Å². The summed E-state index contributed by atoms with van der Waals surface area (Å²) < 4.78 is 8.15. The van der Waals surface area contributed by atoms with E-state index in [0.717, 1.165) is 20.4 Å². The third-order valence-corrected chi connectivity index (χ3v) is 5.45. The molecule has 0 bridgehead atoms. The monoisotopic (exact) mass is 423 g/mol. The minimum Gasteiger partial charge on any atom is -0.422 e. The molecule has 26 heavy (non-hydrogen) atoms. The average Bonchev–Trinajstić information content (AvgIpc) is 3.23. The predicted molar refractivity (Wildman–Crippen MR) is 105 cm³/mol. The van der Waals surface area contributed by atoms with Crippen LogP contribution in [0, 0.1) is 0 Å². The maximum Gasteiger partial charge on any atom is 0.345 e. The smallest absolute Gasteiger partial charge is 0.345 e. The van der Waals surface area contributed by atoms with E-state index in [1.54, 1.807) is 10.6 Å². The largest absolute Gasteiger partial charge is 0.422 e. The van der Waals surface area contributed by atoms with Gasteiger partial charge in [-0.15, -0.1) is 16.4 Å². The number of hydrogen-bond acceptors (Lipinski definition) is 5. The summed E-state index contributed by atoms with van der Waals surface area (Å²) in [5.41, 5.74) is 2.26. The number of halogens is 1. The Balaban J connectivity index is 1.69. The van der Waals surface area contributed by atoms with Gasteiger partial charge >= 0.3 is 5.63 Å². The predicted octanol–water partition coefficient (Wildman–Crippen LogP) is 4.99. The van der Waals surface area contributed by atoms with E-state index in [0.29, 0.717) is 22.7 Å². The Morgan fingerprint density at radius 2 is 1.88 bits per heavy atom. The Morgan fingerprint density at radius 3 is 2.73 bits per heavy atom. The van der Waals surface area contributed by atoms with Crippen LogP contribution in [-0.2, 0) is 0 Å². The highest BCUT2D eigenvalue weighted by Gasteiger charge is 2.16. The van der Waals surface area contributed by atoms with Gasteiger partial charge in [-0.25, -0.2) is 9.31 Å². The standard InChI is InChI=1S/C19H10BrN3O2S/c20-13-7-5-11(6-8-13)17-21-19-23(22-17)15(10-26-19)14-9-12-3-1-2-4-16(12)25-18(14)24/h1-10H. The van der Waals surface area contributed by atoms with Crippen LogP contribution in [0.25, 0.3) is 38.6 Å². The maximum absolute atomic E-state index is 12.5. The lowest BCUT2D eigenvalue weighted by Crippen LogP contribution is -2.04. The van der Waals surface area contributed by atoms with Gasteiger partial charge in [0.2, 0.25) is 4.96 Å². The Kier molecular flexibility index (Phi) is 3.51. The van der Waals surface area contributed by atoms with Gasteiger partial charge in [-0.3, -0.25) is 0 Å². The van der Waals surface area contributed by atoms with Crippen molar-refractivity contribution >= 4 is 43.2 Å². The second-order valence-electron chi connectivity index (χ2n) is 5.74. The van der Waals surface area contributed by atoms with E-state index in [-0.39, 0.29) is 5.63 Å². The van der Waals surface area contributed by atoms with Crippen molar-refractivity contribution in [2.75, 3.05) is 0 Å². The Labute approximate surface area is 159 Å². The summed E-state index contributed by atoms with van der Waals surface area (Å²) in [6, 6.07) is 17.1. The molecule has 0 atom stereocenters. The van der Waals surface area contributed by atoms with Crippen LogP contribution in [0.3, 0.4) is 0 Å². The molecule has 3 heterocycles. The van der Waals surface area contributed by atoms with Crippen LogP contribution < -0.4 is 5.63 Å². The van der Waals surface area contributed by atoms with E-state index >= 15 is 0 Å². The number of fused-ring (bicyclic) bond motifs is 2. The quantitative estimate of drug-likeness (QED) is 0.375. The molecular formula is C19H10BrN3O2S. The highest BCUT2D eigenvalue weighted by atomic mass is 79.9. The number of nitrogens with zero attached hydrogens (tertiary/aromatic N) is 3. The van der Waals surface area contributed by atoms with Gasteiger partial charge in [0.15, 0.2) is 5.82 Å². The molecule has 3 aromatic heterocycles. The SMILES string of the molecule is O=c1oc2ccccc2cc1-c1csc2nc(-c3ccc(Br)cc3)nn12. The summed E-state index contributed by atoms with van der Waals surface area (Å²) >= 11 is 4.87. The first-order chi connectivity index (χ1) is 12.7. The molecule has 0 saturated carbocycles. The van der Waals surface area contributed by atoms with E-state index in [4.69, 9.17) is 4.42 Å². The molecule has 0 unspecified atom stereocenters. The van der Waals surface area contributed by atoms with Gasteiger partial charge in [0, 0.05) is 20.8 Å². The normalized spacial score (nSPS) is 11.4. The van der Waals surface area contributed by atoms with E-state index in [2.05, 4.69) is 26.0 Å². The molecule has 0 N–H and O–H groups in total. The number of thiazole rings is 1. The van der Waals surface area contributed by atoms with Crippen molar-refractivity contribution < 1.29 is 4.42 Å². The van der Waals surface area contributed by atoms with Gasteiger partial charge in [0.1, 0.15) is 5.58 Å². The van der Waals surface area contributed by atoms with Crippen LogP contribution in [0.4, 0.5) is 0 Å². The van der Waals surface area contributed by atoms with Crippen LogP contribution in [0.2, 0.25) is 0 Å². The lowest BCUT2D eigenvalue weighted by molar-refractivity contribution is 0.563. The Hall–Kier alpha value is -2.77. The van der Waals surface area contributed by atoms with Crippen molar-refractivity contribution in [2.45, 2.75) is 0 Å². The Morgan fingerprint density at radius 1 is 1.08 bits per heavy atom. The summed E-state index contributed by atoms with van der Waals surface area (Å²) in [4.78, 5) is 17.8. The third-order valence-electron chi connectivity index (χ3n) is 4.10. The molecule has 5 rings (SSSR count). The second-order valence-corrected chi connectivity index (χ2v) is 7.50. The second kappa shape index (κ2) is 5.89. The van der Waals surface area contributed by atoms with Crippen LogP contribution in [0.15, 0.2) is 73.7 Å². The zero-order chi connectivity index (χ0) is 17.7. The van der Waals surface area contributed by atoms with Gasteiger partial charge in [-0.05, 0) is 24.3 Å². The van der Waals surface area contributed by atoms with Gasteiger partial charge < -0.3 is 4.42 Å². The lowest BCUT2D eigenvalue weighted by Gasteiger charge is -2.00. The Bertz CT molecular complexity index is 1320. The zero-order valence-electron chi connectivity index (χ0n) is 13.2. The summed E-state index contributed by atoms with van der Waals surface area (Å²) in [7, 11) is 0. The van der Waals surface area contributed by atoms with Crippen LogP contribution in [0.1, 0.15) is 0 Å². The first-order valence-corrected chi connectivity index (χ1v) is 9.50. The lowest BCUT2D eigenvalue weighted by atomic mass is 10.1. The summed E-state index contributed by atoms with van der Waals surface area (Å²) in [5.74, 6) is 0.621. The molecule has 0 amide bonds. The van der Waals surface area contributed by atoms with Crippen molar-refractivity contribution in [2.24, 2.45) is 0 Å². The van der Waals surface area contributed by atoms with Gasteiger partial charge in [-0.2, -0.15) is 4.98 Å². The minimum absolute atomic E-state index is 0.385. The molecule has 5 nitrogen and oxygen atoms in total. The van der Waals surface area contributed by atoms with Crippen LogP contribution in [-0.4, -0.2) is 14.6 Å². The van der Waals surface area contributed by atoms with E-state index < -0.39 is 0 Å². The molecule has 0 aliphatic carbocycles. The fraction of sp³-hybridized carbons (Fsp3) is 0. The van der Waals surface area contributed by atoms with E-state index in [1.807, 2.05) is 53.9 Å². The number of hydrogen-bond donors (Lipinski definition) is 0. The maximum atomic E-state index is 12.5. The zero-order valence-corrected chi connectivity index (χ0v) is 15.6. The molecular weight excluding hydrogens is 414 g/mol. The average molecular weight is 424 g/mol. The van der Waals surface area contributed by atoms with E-state index in [9.17, 15) is 4.79 Å². The molecule has 0 fully saturated rings. The number of rotatable bonds is 2. The van der Waals surface area contributed by atoms with Crippen molar-refractivity contribution in [1.29, 1.82) is 0 Å².